The van der Waals surface area contributed by atoms with Gasteiger partial charge in [0.15, 0.2) is 0 Å². The molecule has 0 fully saturated rings. The maximum Gasteiger partial charge on any atom is 0.338 e. The fourth-order valence-electron chi connectivity index (χ4n) is 8.80. The zero-order valence-corrected chi connectivity index (χ0v) is 38.6. The van der Waals surface area contributed by atoms with Crippen LogP contribution in [0.3, 0.4) is 0 Å². The first-order valence-electron chi connectivity index (χ1n) is 22.1. The Balaban J connectivity index is 1.44. The number of nitrogens with zero attached hydrogens (tertiary/aromatic N) is 2. The van der Waals surface area contributed by atoms with Crippen molar-refractivity contribution in [1.82, 2.24) is 19.9 Å². The SMILES string of the molecule is COC(=O)c1ccccc1-c1c2nc(c(-c3ccc(C(C)(C)C)cc3)c3ccc([nH]3)c(-c3ccc(C(C)(C)C)cc3)c3nc(c(-c4ccc(C(C)(C)C)cc4)c4ccc1[nH]4)C=C3)C=C2. The second-order valence-corrected chi connectivity index (χ2v) is 20.0. The van der Waals surface area contributed by atoms with E-state index in [4.69, 9.17) is 14.7 Å². The summed E-state index contributed by atoms with van der Waals surface area (Å²) < 4.78 is 5.34. The van der Waals surface area contributed by atoms with E-state index in [0.29, 0.717) is 11.1 Å². The lowest BCUT2D eigenvalue weighted by Gasteiger charge is -2.19. The van der Waals surface area contributed by atoms with Crippen LogP contribution in [0.5, 0.6) is 0 Å². The highest BCUT2D eigenvalue weighted by molar-refractivity contribution is 6.04. The van der Waals surface area contributed by atoms with Gasteiger partial charge in [-0.05, 0) is 104 Å². The number of hydrogen-bond acceptors (Lipinski definition) is 4. The van der Waals surface area contributed by atoms with Crippen LogP contribution in [0, 0.1) is 0 Å². The second-order valence-electron chi connectivity index (χ2n) is 20.0. The van der Waals surface area contributed by atoms with Crippen molar-refractivity contribution in [2.45, 2.75) is 78.6 Å². The molecule has 5 heterocycles. The third kappa shape index (κ3) is 7.94. The maximum atomic E-state index is 13.4. The molecule has 64 heavy (non-hydrogen) atoms. The zero-order chi connectivity index (χ0) is 45.1. The molecule has 0 aliphatic carbocycles. The van der Waals surface area contributed by atoms with Crippen LogP contribution in [0.2, 0.25) is 0 Å². The summed E-state index contributed by atoms with van der Waals surface area (Å²) in [7, 11) is 1.42. The third-order valence-corrected chi connectivity index (χ3v) is 12.5. The molecule has 0 saturated carbocycles. The minimum Gasteiger partial charge on any atom is -0.465 e. The summed E-state index contributed by atoms with van der Waals surface area (Å²) in [6, 6.07) is 42.7. The van der Waals surface area contributed by atoms with E-state index in [1.807, 2.05) is 24.3 Å². The molecule has 7 aromatic rings. The van der Waals surface area contributed by atoms with Crippen LogP contribution in [-0.4, -0.2) is 33.0 Å². The molecule has 320 valence electrons. The zero-order valence-electron chi connectivity index (χ0n) is 38.6. The molecule has 0 amide bonds. The van der Waals surface area contributed by atoms with Crippen LogP contribution in [0.15, 0.2) is 121 Å². The van der Waals surface area contributed by atoms with Crippen molar-refractivity contribution in [3.8, 4) is 44.5 Å². The fraction of sp³-hybridized carbons (Fsp3) is 0.224. The number of ether oxygens (including phenoxy) is 1. The number of benzene rings is 4. The van der Waals surface area contributed by atoms with Gasteiger partial charge < -0.3 is 14.7 Å². The van der Waals surface area contributed by atoms with E-state index in [0.717, 1.165) is 83.8 Å². The second kappa shape index (κ2) is 15.9. The molecule has 2 aliphatic heterocycles. The van der Waals surface area contributed by atoms with Crippen molar-refractivity contribution in [2.24, 2.45) is 0 Å². The third-order valence-electron chi connectivity index (χ3n) is 12.5. The van der Waals surface area contributed by atoms with E-state index >= 15 is 0 Å². The van der Waals surface area contributed by atoms with Gasteiger partial charge in [0.2, 0.25) is 0 Å². The highest BCUT2D eigenvalue weighted by Gasteiger charge is 2.23. The molecule has 9 rings (SSSR count). The first-order valence-corrected chi connectivity index (χ1v) is 22.1. The van der Waals surface area contributed by atoms with Crippen molar-refractivity contribution >= 4 is 52.3 Å². The Morgan fingerprint density at radius 2 is 0.734 bits per heavy atom. The van der Waals surface area contributed by atoms with Gasteiger partial charge >= 0.3 is 5.97 Å². The number of aromatic nitrogens is 4. The Morgan fingerprint density at radius 3 is 1.06 bits per heavy atom. The fourth-order valence-corrected chi connectivity index (χ4v) is 8.80. The Bertz CT molecular complexity index is 3120. The number of aromatic amines is 2. The first-order chi connectivity index (χ1) is 30.5. The lowest BCUT2D eigenvalue weighted by atomic mass is 9.86. The van der Waals surface area contributed by atoms with Crippen LogP contribution in [0.4, 0.5) is 0 Å². The van der Waals surface area contributed by atoms with Gasteiger partial charge in [0.05, 0.1) is 35.4 Å². The normalized spacial score (nSPS) is 12.8. The van der Waals surface area contributed by atoms with Gasteiger partial charge in [-0.15, -0.1) is 0 Å². The molecule has 0 saturated heterocycles. The van der Waals surface area contributed by atoms with Crippen LogP contribution in [0.1, 0.15) is 112 Å². The van der Waals surface area contributed by atoms with Crippen LogP contribution >= 0.6 is 0 Å². The van der Waals surface area contributed by atoms with E-state index < -0.39 is 5.97 Å². The summed E-state index contributed by atoms with van der Waals surface area (Å²) >= 11 is 0. The van der Waals surface area contributed by atoms with Gasteiger partial charge in [-0.3, -0.25) is 0 Å². The Labute approximate surface area is 376 Å². The molecular weight excluding hydrogens is 785 g/mol. The van der Waals surface area contributed by atoms with Gasteiger partial charge in [0.1, 0.15) is 0 Å². The van der Waals surface area contributed by atoms with Gasteiger partial charge in [-0.1, -0.05) is 153 Å². The standard InChI is InChI=1S/C58H56N4O2/c1-56(2,3)38-21-15-35(16-22-38)51-43-27-29-45(59-43)52(36-17-23-39(24-18-36)57(4,5)6)47-31-33-49(61-47)54(41-13-11-12-14-42(41)55(63)64-10)50-34-32-48(62-50)53(46-30-28-44(51)60-46)37-19-25-40(26-20-37)58(7,8)9/h11-34,59,62H,1-10H3. The predicted octanol–water partition coefficient (Wildman–Crippen LogP) is 15.0. The van der Waals surface area contributed by atoms with E-state index in [1.165, 1.54) is 23.8 Å². The summed E-state index contributed by atoms with van der Waals surface area (Å²) in [4.78, 5) is 32.1. The van der Waals surface area contributed by atoms with Gasteiger partial charge in [0.25, 0.3) is 0 Å². The quantitative estimate of drug-likeness (QED) is 0.169. The van der Waals surface area contributed by atoms with Crippen molar-refractivity contribution < 1.29 is 9.53 Å². The molecule has 6 nitrogen and oxygen atoms in total. The lowest BCUT2D eigenvalue weighted by molar-refractivity contribution is 0.0601. The largest absolute Gasteiger partial charge is 0.465 e. The molecule has 0 spiro atoms. The maximum absolute atomic E-state index is 13.4. The average molecular weight is 841 g/mol. The molecule has 3 aromatic heterocycles. The number of methoxy groups -OCH3 is 1. The van der Waals surface area contributed by atoms with Crippen LogP contribution < -0.4 is 0 Å². The predicted molar refractivity (Wildman–Crippen MR) is 268 cm³/mol. The highest BCUT2D eigenvalue weighted by atomic mass is 16.5. The van der Waals surface area contributed by atoms with E-state index in [-0.39, 0.29) is 16.2 Å². The molecule has 0 radical (unpaired) electrons. The molecule has 4 aromatic carbocycles. The average Bonchev–Trinajstić information content (AvgIpc) is 4.11. The number of rotatable bonds is 5. The van der Waals surface area contributed by atoms with Crippen molar-refractivity contribution in [3.05, 3.63) is 166 Å². The lowest BCUT2D eigenvalue weighted by Crippen LogP contribution is -2.10. The molecular formula is C58H56N4O2. The summed E-state index contributed by atoms with van der Waals surface area (Å²) in [5.41, 5.74) is 18.6. The number of H-pyrrole nitrogens is 2. The van der Waals surface area contributed by atoms with Crippen molar-refractivity contribution in [3.63, 3.8) is 0 Å². The van der Waals surface area contributed by atoms with Gasteiger partial charge in [-0.2, -0.15) is 0 Å². The molecule has 6 heteroatoms. The molecule has 0 atom stereocenters. The summed E-state index contributed by atoms with van der Waals surface area (Å²) in [6.45, 7) is 20.1. The Kier molecular flexibility index (Phi) is 10.5. The van der Waals surface area contributed by atoms with Crippen molar-refractivity contribution in [1.29, 1.82) is 0 Å². The molecule has 0 unspecified atom stereocenters. The summed E-state index contributed by atoms with van der Waals surface area (Å²) in [5, 5.41) is 0. The Morgan fingerprint density at radius 1 is 0.422 bits per heavy atom. The number of nitrogens with one attached hydrogen (secondary N) is 2. The van der Waals surface area contributed by atoms with Crippen LogP contribution in [0.25, 0.3) is 90.9 Å². The molecule has 2 N–H and O–H groups in total. The number of carbonyl (C=O) groups is 1. The van der Waals surface area contributed by atoms with Gasteiger partial charge in [-0.25, -0.2) is 14.8 Å². The Hall–Kier alpha value is -7.05. The molecule has 2 aliphatic rings. The monoisotopic (exact) mass is 840 g/mol. The van der Waals surface area contributed by atoms with Crippen LogP contribution in [-0.2, 0) is 21.0 Å². The minimum atomic E-state index is -0.418. The smallest absolute Gasteiger partial charge is 0.338 e. The first kappa shape index (κ1) is 42.3. The topological polar surface area (TPSA) is 83.7 Å². The van der Waals surface area contributed by atoms with E-state index in [1.54, 1.807) is 0 Å². The summed E-state index contributed by atoms with van der Waals surface area (Å²) in [5.74, 6) is -0.418. The van der Waals surface area contributed by atoms with E-state index in [2.05, 4.69) is 194 Å². The summed E-state index contributed by atoms with van der Waals surface area (Å²) in [6.07, 6.45) is 8.41. The highest BCUT2D eigenvalue weighted by Crippen LogP contribution is 2.40. The number of fused-ring (bicyclic) bond motifs is 8. The minimum absolute atomic E-state index is 0.00672. The number of carbonyl (C=O) groups excluding carboxylic acids is 1. The van der Waals surface area contributed by atoms with E-state index in [9.17, 15) is 4.79 Å². The van der Waals surface area contributed by atoms with Crippen molar-refractivity contribution in [2.75, 3.05) is 7.11 Å². The molecule has 8 bridgehead atoms. The number of esters is 1. The van der Waals surface area contributed by atoms with Gasteiger partial charge in [0, 0.05) is 49.9 Å². The number of hydrogen-bond donors (Lipinski definition) is 2.